The maximum Gasteiger partial charge on any atom is 0.325 e. The number of carbonyl (C=O) groups is 5. The quantitative estimate of drug-likeness (QED) is 0.168. The van der Waals surface area contributed by atoms with Crippen molar-refractivity contribution in [3.05, 3.63) is 35.9 Å². The molecule has 12 heteroatoms. The lowest BCUT2D eigenvalue weighted by atomic mass is 10.0. The molecule has 1 rings (SSSR count). The Morgan fingerprint density at radius 2 is 1.53 bits per heavy atom. The Hall–Kier alpha value is -3.12. The molecule has 0 saturated carbocycles. The number of hydrogen-bond donors (Lipinski definition) is 7. The van der Waals surface area contributed by atoms with E-state index >= 15 is 0 Å². The van der Waals surface area contributed by atoms with Gasteiger partial charge in [-0.15, -0.1) is 0 Å². The molecule has 1 aromatic carbocycles. The highest BCUT2D eigenvalue weighted by molar-refractivity contribution is 7.80. The van der Waals surface area contributed by atoms with Gasteiger partial charge in [0.2, 0.25) is 23.6 Å². The Labute approximate surface area is 191 Å². The van der Waals surface area contributed by atoms with Gasteiger partial charge in [-0.1, -0.05) is 30.3 Å². The molecule has 0 fully saturated rings. The highest BCUT2D eigenvalue weighted by Crippen LogP contribution is 2.05. The molecule has 0 aliphatic heterocycles. The maximum absolute atomic E-state index is 12.7. The summed E-state index contributed by atoms with van der Waals surface area (Å²) in [6.45, 7) is 1.30. The zero-order valence-corrected chi connectivity index (χ0v) is 18.5. The van der Waals surface area contributed by atoms with Gasteiger partial charge in [-0.05, 0) is 18.9 Å². The van der Waals surface area contributed by atoms with E-state index in [0.717, 1.165) is 5.56 Å². The summed E-state index contributed by atoms with van der Waals surface area (Å²) in [4.78, 5) is 59.5. The van der Waals surface area contributed by atoms with Crippen molar-refractivity contribution in [1.29, 1.82) is 0 Å². The molecule has 0 saturated heterocycles. The molecule has 8 N–H and O–H groups in total. The molecule has 11 nitrogen and oxygen atoms in total. The fraction of sp³-hybridized carbons (Fsp3) is 0.450. The van der Waals surface area contributed by atoms with Crippen LogP contribution in [0.4, 0.5) is 0 Å². The predicted molar refractivity (Wildman–Crippen MR) is 120 cm³/mol. The van der Waals surface area contributed by atoms with E-state index < -0.39 is 53.8 Å². The first kappa shape index (κ1) is 26.9. The van der Waals surface area contributed by atoms with Gasteiger partial charge < -0.3 is 32.5 Å². The Morgan fingerprint density at radius 1 is 0.969 bits per heavy atom. The summed E-state index contributed by atoms with van der Waals surface area (Å²) in [6.07, 6.45) is 0.0116. The second-order valence-electron chi connectivity index (χ2n) is 7.17. The number of rotatable bonds is 13. The number of carboxylic acids is 1. The SMILES string of the molecule is CC(NC(=O)C(Cc1ccccc1)NC(=O)C(CS)NC(=O)C(N)CCC(N)=O)C(=O)O. The van der Waals surface area contributed by atoms with Crippen LogP contribution in [0.25, 0.3) is 0 Å². The first-order valence-electron chi connectivity index (χ1n) is 9.87. The van der Waals surface area contributed by atoms with E-state index in [4.69, 9.17) is 16.6 Å². The van der Waals surface area contributed by atoms with Gasteiger partial charge in [0.25, 0.3) is 0 Å². The van der Waals surface area contributed by atoms with E-state index in [1.165, 1.54) is 6.92 Å². The summed E-state index contributed by atoms with van der Waals surface area (Å²) in [5, 5.41) is 16.3. The molecule has 0 radical (unpaired) electrons. The minimum absolute atomic E-state index is 0.00813. The molecule has 0 spiro atoms. The molecular weight excluding hydrogens is 438 g/mol. The van der Waals surface area contributed by atoms with Crippen LogP contribution in [0.15, 0.2) is 30.3 Å². The lowest BCUT2D eigenvalue weighted by molar-refractivity contribution is -0.141. The lowest BCUT2D eigenvalue weighted by Crippen LogP contribution is -2.58. The van der Waals surface area contributed by atoms with Crippen LogP contribution in [-0.2, 0) is 30.4 Å². The van der Waals surface area contributed by atoms with Gasteiger partial charge in [0.15, 0.2) is 0 Å². The normalized spacial score (nSPS) is 14.3. The third-order valence-electron chi connectivity index (χ3n) is 4.50. The van der Waals surface area contributed by atoms with E-state index in [1.807, 2.05) is 0 Å². The van der Waals surface area contributed by atoms with Gasteiger partial charge in [0, 0.05) is 18.6 Å². The molecule has 4 unspecified atom stereocenters. The van der Waals surface area contributed by atoms with Crippen molar-refractivity contribution in [1.82, 2.24) is 16.0 Å². The molecule has 176 valence electrons. The standard InChI is InChI=1S/C20H29N5O6S/c1-11(20(30)31)23-18(28)14(9-12-5-3-2-4-6-12)24-19(29)15(10-32)25-17(27)13(21)7-8-16(22)26/h2-6,11,13-15,32H,7-10,21H2,1H3,(H2,22,26)(H,23,28)(H,24,29)(H,25,27)(H,30,31). The number of nitrogens with two attached hydrogens (primary N) is 2. The van der Waals surface area contributed by atoms with Crippen LogP contribution in [-0.4, -0.2) is 64.6 Å². The fourth-order valence-corrected chi connectivity index (χ4v) is 2.87. The average molecular weight is 468 g/mol. The number of benzene rings is 1. The van der Waals surface area contributed by atoms with Crippen LogP contribution < -0.4 is 27.4 Å². The van der Waals surface area contributed by atoms with Gasteiger partial charge in [-0.2, -0.15) is 12.6 Å². The first-order chi connectivity index (χ1) is 15.0. The van der Waals surface area contributed by atoms with Crippen molar-refractivity contribution >= 4 is 42.2 Å². The Morgan fingerprint density at radius 3 is 2.06 bits per heavy atom. The smallest absolute Gasteiger partial charge is 0.325 e. The molecule has 4 amide bonds. The number of nitrogens with one attached hydrogen (secondary N) is 3. The molecule has 0 aliphatic rings. The average Bonchev–Trinajstić information content (AvgIpc) is 2.75. The van der Waals surface area contributed by atoms with Gasteiger partial charge >= 0.3 is 5.97 Å². The number of amides is 4. The highest BCUT2D eigenvalue weighted by atomic mass is 32.1. The van der Waals surface area contributed by atoms with E-state index in [9.17, 15) is 24.0 Å². The highest BCUT2D eigenvalue weighted by Gasteiger charge is 2.29. The summed E-state index contributed by atoms with van der Waals surface area (Å²) in [7, 11) is 0. The summed E-state index contributed by atoms with van der Waals surface area (Å²) in [5.74, 6) is -4.00. The topological polar surface area (TPSA) is 194 Å². The molecule has 1 aromatic rings. The fourth-order valence-electron chi connectivity index (χ4n) is 2.61. The number of hydrogen-bond acceptors (Lipinski definition) is 7. The van der Waals surface area contributed by atoms with Gasteiger partial charge in [-0.25, -0.2) is 0 Å². The minimum Gasteiger partial charge on any atom is -0.480 e. The second-order valence-corrected chi connectivity index (χ2v) is 7.54. The molecular formula is C20H29N5O6S. The van der Waals surface area contributed by atoms with Crippen LogP contribution in [0.5, 0.6) is 0 Å². The van der Waals surface area contributed by atoms with Crippen molar-refractivity contribution in [2.75, 3.05) is 5.75 Å². The van der Waals surface area contributed by atoms with Crippen LogP contribution >= 0.6 is 12.6 Å². The molecule has 0 bridgehead atoms. The predicted octanol–water partition coefficient (Wildman–Crippen LogP) is -1.69. The molecule has 0 heterocycles. The van der Waals surface area contributed by atoms with E-state index in [2.05, 4.69) is 28.6 Å². The second kappa shape index (κ2) is 13.3. The Bertz CT molecular complexity index is 822. The molecule has 32 heavy (non-hydrogen) atoms. The van der Waals surface area contributed by atoms with E-state index in [0.29, 0.717) is 0 Å². The molecule has 0 aromatic heterocycles. The monoisotopic (exact) mass is 467 g/mol. The molecule has 0 aliphatic carbocycles. The Balaban J connectivity index is 2.89. The van der Waals surface area contributed by atoms with E-state index in [1.54, 1.807) is 30.3 Å². The third kappa shape index (κ3) is 9.35. The summed E-state index contributed by atoms with van der Waals surface area (Å²) < 4.78 is 0. The number of carboxylic acid groups (broad SMARTS) is 1. The van der Waals surface area contributed by atoms with Crippen molar-refractivity contribution < 1.29 is 29.1 Å². The maximum atomic E-state index is 12.7. The van der Waals surface area contributed by atoms with Crippen molar-refractivity contribution in [3.8, 4) is 0 Å². The van der Waals surface area contributed by atoms with Crippen LogP contribution in [0.2, 0.25) is 0 Å². The number of primary amides is 1. The molecule has 4 atom stereocenters. The van der Waals surface area contributed by atoms with Crippen molar-refractivity contribution in [2.24, 2.45) is 11.5 Å². The van der Waals surface area contributed by atoms with Crippen molar-refractivity contribution in [3.63, 3.8) is 0 Å². The first-order valence-corrected chi connectivity index (χ1v) is 10.5. The summed E-state index contributed by atoms with van der Waals surface area (Å²) >= 11 is 4.07. The minimum atomic E-state index is -1.23. The Kier molecular flexibility index (Phi) is 11.2. The van der Waals surface area contributed by atoms with E-state index in [-0.39, 0.29) is 25.0 Å². The largest absolute Gasteiger partial charge is 0.480 e. The van der Waals surface area contributed by atoms with Gasteiger partial charge in [0.1, 0.15) is 18.1 Å². The summed E-state index contributed by atoms with van der Waals surface area (Å²) in [5.41, 5.74) is 11.5. The third-order valence-corrected chi connectivity index (χ3v) is 4.86. The number of thiol groups is 1. The zero-order chi connectivity index (χ0) is 24.3. The lowest BCUT2D eigenvalue weighted by Gasteiger charge is -2.24. The van der Waals surface area contributed by atoms with Gasteiger partial charge in [-0.3, -0.25) is 24.0 Å². The van der Waals surface area contributed by atoms with Crippen molar-refractivity contribution in [2.45, 2.75) is 50.4 Å². The van der Waals surface area contributed by atoms with Crippen LogP contribution in [0, 0.1) is 0 Å². The van der Waals surface area contributed by atoms with Crippen LogP contribution in [0.1, 0.15) is 25.3 Å². The van der Waals surface area contributed by atoms with Crippen LogP contribution in [0.3, 0.4) is 0 Å². The summed E-state index contributed by atoms with van der Waals surface area (Å²) in [6, 6.07) is 4.37. The number of aliphatic carboxylic acids is 1. The van der Waals surface area contributed by atoms with Gasteiger partial charge in [0.05, 0.1) is 6.04 Å². The zero-order valence-electron chi connectivity index (χ0n) is 17.6. The number of carbonyl (C=O) groups excluding carboxylic acids is 4.